The molecular formula is C14H14BrN3OS. The minimum atomic E-state index is -0.195. The van der Waals surface area contributed by atoms with Crippen LogP contribution in [0, 0.1) is 0 Å². The first-order valence-electron chi connectivity index (χ1n) is 6.52. The van der Waals surface area contributed by atoms with Crippen LogP contribution in [0.5, 0.6) is 0 Å². The summed E-state index contributed by atoms with van der Waals surface area (Å²) in [6, 6.07) is 7.42. The lowest BCUT2D eigenvalue weighted by Crippen LogP contribution is -2.13. The van der Waals surface area contributed by atoms with E-state index in [1.807, 2.05) is 31.2 Å². The Morgan fingerprint density at radius 2 is 2.10 bits per heavy atom. The first-order valence-corrected chi connectivity index (χ1v) is 8.19. The molecule has 20 heavy (non-hydrogen) atoms. The summed E-state index contributed by atoms with van der Waals surface area (Å²) in [6.45, 7) is 1.89. The van der Waals surface area contributed by atoms with Gasteiger partial charge in [0.15, 0.2) is 5.78 Å². The van der Waals surface area contributed by atoms with E-state index in [0.717, 1.165) is 10.3 Å². The van der Waals surface area contributed by atoms with Crippen molar-refractivity contribution in [2.24, 2.45) is 0 Å². The zero-order chi connectivity index (χ0) is 14.1. The number of carbonyl (C=O) groups is 1. The van der Waals surface area contributed by atoms with Crippen LogP contribution < -0.4 is 0 Å². The molecule has 1 atom stereocenters. The fourth-order valence-corrected chi connectivity index (χ4v) is 2.98. The summed E-state index contributed by atoms with van der Waals surface area (Å²) in [6.07, 6.45) is 2.37. The number of carbonyl (C=O) groups excluding carboxylic acids is 1. The third-order valence-corrected chi connectivity index (χ3v) is 4.72. The second-order valence-electron chi connectivity index (χ2n) is 4.91. The van der Waals surface area contributed by atoms with E-state index in [4.69, 9.17) is 0 Å². The highest BCUT2D eigenvalue weighted by Gasteiger charge is 2.28. The smallest absolute Gasteiger partial charge is 0.209 e. The lowest BCUT2D eigenvalue weighted by atomic mass is 10.1. The summed E-state index contributed by atoms with van der Waals surface area (Å²) in [5.74, 6) is 1.60. The predicted molar refractivity (Wildman–Crippen MR) is 82.1 cm³/mol. The van der Waals surface area contributed by atoms with Gasteiger partial charge in [-0.05, 0) is 31.9 Å². The first-order chi connectivity index (χ1) is 9.63. The van der Waals surface area contributed by atoms with Crippen molar-refractivity contribution in [2.45, 2.75) is 36.1 Å². The first kappa shape index (κ1) is 13.8. The van der Waals surface area contributed by atoms with Gasteiger partial charge in [0.2, 0.25) is 5.16 Å². The molecule has 1 heterocycles. The van der Waals surface area contributed by atoms with Gasteiger partial charge in [0.25, 0.3) is 0 Å². The van der Waals surface area contributed by atoms with Crippen molar-refractivity contribution in [3.05, 3.63) is 40.1 Å². The maximum Gasteiger partial charge on any atom is 0.209 e. The highest BCUT2D eigenvalue weighted by Crippen LogP contribution is 2.38. The van der Waals surface area contributed by atoms with Crippen molar-refractivity contribution in [3.8, 4) is 0 Å². The molecule has 0 radical (unpaired) electrons. The molecule has 1 N–H and O–H groups in total. The molecule has 1 aromatic carbocycles. The number of aromatic nitrogens is 3. The number of aromatic amines is 1. The summed E-state index contributed by atoms with van der Waals surface area (Å²) >= 11 is 4.77. The van der Waals surface area contributed by atoms with Crippen molar-refractivity contribution >= 4 is 33.5 Å². The number of nitrogens with one attached hydrogen (secondary N) is 1. The largest absolute Gasteiger partial charge is 0.293 e. The van der Waals surface area contributed by atoms with Gasteiger partial charge >= 0.3 is 0 Å². The van der Waals surface area contributed by atoms with Crippen molar-refractivity contribution in [3.63, 3.8) is 0 Å². The monoisotopic (exact) mass is 351 g/mol. The van der Waals surface area contributed by atoms with E-state index in [2.05, 4.69) is 31.1 Å². The lowest BCUT2D eigenvalue weighted by molar-refractivity contribution is 0.0994. The van der Waals surface area contributed by atoms with Crippen molar-refractivity contribution in [1.82, 2.24) is 15.2 Å². The molecule has 0 spiro atoms. The molecule has 1 saturated carbocycles. The Balaban J connectivity index is 1.66. The maximum atomic E-state index is 12.3. The third-order valence-electron chi connectivity index (χ3n) is 3.23. The lowest BCUT2D eigenvalue weighted by Gasteiger charge is -2.07. The number of hydrogen-bond acceptors (Lipinski definition) is 4. The van der Waals surface area contributed by atoms with Crippen molar-refractivity contribution < 1.29 is 4.79 Å². The summed E-state index contributed by atoms with van der Waals surface area (Å²) < 4.78 is 0.970. The number of hydrogen-bond donors (Lipinski definition) is 1. The molecule has 3 rings (SSSR count). The topological polar surface area (TPSA) is 58.6 Å². The van der Waals surface area contributed by atoms with Crippen LogP contribution in [0.15, 0.2) is 33.9 Å². The molecule has 0 aliphatic heterocycles. The third kappa shape index (κ3) is 3.12. The molecule has 0 bridgehead atoms. The summed E-state index contributed by atoms with van der Waals surface area (Å²) in [7, 11) is 0. The Morgan fingerprint density at radius 1 is 1.40 bits per heavy atom. The van der Waals surface area contributed by atoms with Gasteiger partial charge in [0.05, 0.1) is 5.25 Å². The number of benzene rings is 1. The normalized spacial score (nSPS) is 16.1. The average molecular weight is 352 g/mol. The van der Waals surface area contributed by atoms with Crippen LogP contribution in [-0.4, -0.2) is 26.2 Å². The Bertz CT molecular complexity index is 622. The van der Waals surface area contributed by atoms with Gasteiger partial charge in [-0.1, -0.05) is 39.8 Å². The van der Waals surface area contributed by atoms with Gasteiger partial charge in [-0.15, -0.1) is 5.10 Å². The van der Waals surface area contributed by atoms with E-state index in [9.17, 15) is 4.79 Å². The molecule has 1 fully saturated rings. The minimum absolute atomic E-state index is 0.0975. The molecular weight excluding hydrogens is 338 g/mol. The summed E-state index contributed by atoms with van der Waals surface area (Å²) in [4.78, 5) is 16.8. The summed E-state index contributed by atoms with van der Waals surface area (Å²) in [5.41, 5.74) is 0.714. The van der Waals surface area contributed by atoms with Gasteiger partial charge in [0.1, 0.15) is 5.82 Å². The van der Waals surface area contributed by atoms with E-state index < -0.39 is 0 Å². The number of Topliss-reactive ketones (excluding diaryl/α,β-unsaturated/α-hetero) is 1. The highest BCUT2D eigenvalue weighted by molar-refractivity contribution is 9.10. The molecule has 1 aliphatic rings. The molecule has 0 amide bonds. The molecule has 6 heteroatoms. The predicted octanol–water partition coefficient (Wildman–Crippen LogP) is 3.81. The van der Waals surface area contributed by atoms with Gasteiger partial charge in [0, 0.05) is 16.0 Å². The maximum absolute atomic E-state index is 12.3. The van der Waals surface area contributed by atoms with Gasteiger partial charge < -0.3 is 0 Å². The molecule has 104 valence electrons. The Hall–Kier alpha value is -1.14. The zero-order valence-electron chi connectivity index (χ0n) is 11.0. The van der Waals surface area contributed by atoms with Crippen LogP contribution in [-0.2, 0) is 0 Å². The van der Waals surface area contributed by atoms with E-state index in [1.54, 1.807) is 0 Å². The highest BCUT2D eigenvalue weighted by atomic mass is 79.9. The van der Waals surface area contributed by atoms with Gasteiger partial charge in [-0.25, -0.2) is 4.98 Å². The molecule has 2 aromatic rings. The van der Waals surface area contributed by atoms with Crippen LogP contribution in [0.2, 0.25) is 0 Å². The molecule has 4 nitrogen and oxygen atoms in total. The van der Waals surface area contributed by atoms with Crippen molar-refractivity contribution in [2.75, 3.05) is 0 Å². The van der Waals surface area contributed by atoms with Crippen LogP contribution in [0.3, 0.4) is 0 Å². The number of H-pyrrole nitrogens is 1. The molecule has 1 aliphatic carbocycles. The van der Waals surface area contributed by atoms with E-state index in [0.29, 0.717) is 16.6 Å². The molecule has 1 unspecified atom stereocenters. The van der Waals surface area contributed by atoms with Gasteiger partial charge in [-0.2, -0.15) is 0 Å². The van der Waals surface area contributed by atoms with E-state index in [-0.39, 0.29) is 11.0 Å². The fourth-order valence-electron chi connectivity index (χ4n) is 1.91. The second-order valence-corrected chi connectivity index (χ2v) is 7.13. The van der Waals surface area contributed by atoms with Crippen LogP contribution in [0.4, 0.5) is 0 Å². The number of thioether (sulfide) groups is 1. The van der Waals surface area contributed by atoms with E-state index >= 15 is 0 Å². The zero-order valence-corrected chi connectivity index (χ0v) is 13.4. The van der Waals surface area contributed by atoms with Crippen LogP contribution in [0.25, 0.3) is 0 Å². The van der Waals surface area contributed by atoms with Gasteiger partial charge in [-0.3, -0.25) is 9.89 Å². The Labute approximate surface area is 129 Å². The minimum Gasteiger partial charge on any atom is -0.293 e. The SMILES string of the molecule is CC(Sc1n[nH]c(C2CC2)n1)C(=O)c1ccc(Br)cc1. The van der Waals surface area contributed by atoms with Crippen molar-refractivity contribution in [1.29, 1.82) is 0 Å². The Kier molecular flexibility index (Phi) is 3.94. The summed E-state index contributed by atoms with van der Waals surface area (Å²) in [5, 5.41) is 7.60. The molecule has 0 saturated heterocycles. The number of nitrogens with zero attached hydrogens (tertiary/aromatic N) is 2. The quantitative estimate of drug-likeness (QED) is 0.657. The standard InChI is InChI=1S/C14H14BrN3OS/c1-8(12(19)9-4-6-11(15)7-5-9)20-14-16-13(17-18-14)10-2-3-10/h4-8,10H,2-3H2,1H3,(H,16,17,18). The number of ketones is 1. The Morgan fingerprint density at radius 3 is 2.75 bits per heavy atom. The number of halogens is 1. The van der Waals surface area contributed by atoms with Crippen LogP contribution in [0.1, 0.15) is 41.9 Å². The fraction of sp³-hybridized carbons (Fsp3) is 0.357. The average Bonchev–Trinajstić information content (AvgIpc) is 3.20. The number of rotatable bonds is 5. The van der Waals surface area contributed by atoms with Crippen LogP contribution >= 0.6 is 27.7 Å². The molecule has 1 aromatic heterocycles. The second kappa shape index (κ2) is 5.69. The van der Waals surface area contributed by atoms with E-state index in [1.165, 1.54) is 24.6 Å².